The van der Waals surface area contributed by atoms with E-state index < -0.39 is 0 Å². The SMILES string of the molecule is Cc1cccc(OCCCCC(C)(CO)NC(C)C)c1. The highest BCUT2D eigenvalue weighted by atomic mass is 16.5. The molecule has 0 aliphatic rings. The largest absolute Gasteiger partial charge is 0.494 e. The predicted molar refractivity (Wildman–Crippen MR) is 84.3 cm³/mol. The lowest BCUT2D eigenvalue weighted by atomic mass is 9.95. The van der Waals surface area contributed by atoms with E-state index in [1.165, 1.54) is 5.56 Å². The molecular weight excluding hydrogens is 250 g/mol. The van der Waals surface area contributed by atoms with Gasteiger partial charge in [-0.3, -0.25) is 0 Å². The van der Waals surface area contributed by atoms with Crippen molar-refractivity contribution in [2.24, 2.45) is 0 Å². The van der Waals surface area contributed by atoms with E-state index in [9.17, 15) is 5.11 Å². The van der Waals surface area contributed by atoms with Gasteiger partial charge in [0.05, 0.1) is 13.2 Å². The maximum atomic E-state index is 9.51. The lowest BCUT2D eigenvalue weighted by Gasteiger charge is -2.31. The van der Waals surface area contributed by atoms with Crippen LogP contribution in [0.15, 0.2) is 24.3 Å². The van der Waals surface area contributed by atoms with Gasteiger partial charge in [-0.15, -0.1) is 0 Å². The Balaban J connectivity index is 2.24. The first-order valence-electron chi connectivity index (χ1n) is 7.53. The Hall–Kier alpha value is -1.06. The number of benzene rings is 1. The number of aliphatic hydroxyl groups is 1. The normalized spacial score (nSPS) is 14.3. The molecule has 0 saturated carbocycles. The molecule has 0 aliphatic heterocycles. The summed E-state index contributed by atoms with van der Waals surface area (Å²) >= 11 is 0. The molecule has 0 heterocycles. The van der Waals surface area contributed by atoms with Gasteiger partial charge in [0, 0.05) is 11.6 Å². The summed E-state index contributed by atoms with van der Waals surface area (Å²) in [6, 6.07) is 8.51. The highest BCUT2D eigenvalue weighted by Gasteiger charge is 2.22. The molecule has 0 amide bonds. The fourth-order valence-corrected chi connectivity index (χ4v) is 2.41. The Labute approximate surface area is 123 Å². The molecule has 1 aromatic carbocycles. The van der Waals surface area contributed by atoms with Gasteiger partial charge < -0.3 is 15.2 Å². The number of ether oxygens (including phenoxy) is 1. The summed E-state index contributed by atoms with van der Waals surface area (Å²) in [7, 11) is 0. The summed E-state index contributed by atoms with van der Waals surface area (Å²) in [5, 5.41) is 12.9. The second-order valence-corrected chi connectivity index (χ2v) is 6.14. The van der Waals surface area contributed by atoms with Gasteiger partial charge in [-0.05, 0) is 50.8 Å². The molecule has 0 spiro atoms. The van der Waals surface area contributed by atoms with Gasteiger partial charge in [0.2, 0.25) is 0 Å². The van der Waals surface area contributed by atoms with E-state index in [4.69, 9.17) is 4.74 Å². The standard InChI is InChI=1S/C17H29NO2/c1-14(2)18-17(4,13-19)10-5-6-11-20-16-9-7-8-15(3)12-16/h7-9,12,14,18-19H,5-6,10-11,13H2,1-4H3. The van der Waals surface area contributed by atoms with E-state index in [1.54, 1.807) is 0 Å². The summed E-state index contributed by atoms with van der Waals surface area (Å²) in [4.78, 5) is 0. The van der Waals surface area contributed by atoms with Crippen LogP contribution >= 0.6 is 0 Å². The average Bonchev–Trinajstić information content (AvgIpc) is 2.37. The van der Waals surface area contributed by atoms with Crippen LogP contribution in [0, 0.1) is 6.92 Å². The molecule has 0 saturated heterocycles. The van der Waals surface area contributed by atoms with Crippen molar-refractivity contribution in [3.63, 3.8) is 0 Å². The van der Waals surface area contributed by atoms with E-state index in [0.29, 0.717) is 6.04 Å². The number of hydrogen-bond acceptors (Lipinski definition) is 3. The molecular formula is C17H29NO2. The van der Waals surface area contributed by atoms with Crippen LogP contribution in [0.1, 0.15) is 45.6 Å². The molecule has 1 atom stereocenters. The number of rotatable bonds is 9. The quantitative estimate of drug-likeness (QED) is 0.682. The Morgan fingerprint density at radius 1 is 1.30 bits per heavy atom. The highest BCUT2D eigenvalue weighted by molar-refractivity contribution is 5.27. The summed E-state index contributed by atoms with van der Waals surface area (Å²) in [5.41, 5.74) is 1.04. The van der Waals surface area contributed by atoms with Crippen molar-refractivity contribution in [2.75, 3.05) is 13.2 Å². The van der Waals surface area contributed by atoms with E-state index >= 15 is 0 Å². The third-order valence-electron chi connectivity index (χ3n) is 3.37. The van der Waals surface area contributed by atoms with Gasteiger partial charge in [-0.25, -0.2) is 0 Å². The zero-order valence-corrected chi connectivity index (χ0v) is 13.3. The molecule has 1 unspecified atom stereocenters. The predicted octanol–water partition coefficient (Wildman–Crippen LogP) is 3.29. The maximum absolute atomic E-state index is 9.51. The van der Waals surface area contributed by atoms with Crippen molar-refractivity contribution < 1.29 is 9.84 Å². The zero-order valence-electron chi connectivity index (χ0n) is 13.3. The van der Waals surface area contributed by atoms with Crippen LogP contribution in [-0.4, -0.2) is 29.9 Å². The minimum absolute atomic E-state index is 0.171. The van der Waals surface area contributed by atoms with Crippen LogP contribution in [0.2, 0.25) is 0 Å². The second kappa shape index (κ2) is 8.28. The molecule has 114 valence electrons. The number of aryl methyl sites for hydroxylation is 1. The zero-order chi connectivity index (χ0) is 15.0. The van der Waals surface area contributed by atoms with Gasteiger partial charge in [0.25, 0.3) is 0 Å². The van der Waals surface area contributed by atoms with Crippen molar-refractivity contribution in [1.29, 1.82) is 0 Å². The fraction of sp³-hybridized carbons (Fsp3) is 0.647. The molecule has 2 N–H and O–H groups in total. The summed E-state index contributed by atoms with van der Waals surface area (Å²) < 4.78 is 5.73. The first kappa shape index (κ1) is 17.0. The van der Waals surface area contributed by atoms with Crippen molar-refractivity contribution in [2.45, 2.75) is 58.5 Å². The molecule has 0 aromatic heterocycles. The number of nitrogens with one attached hydrogen (secondary N) is 1. The van der Waals surface area contributed by atoms with Crippen LogP contribution in [0.5, 0.6) is 5.75 Å². The average molecular weight is 279 g/mol. The van der Waals surface area contributed by atoms with E-state index in [2.05, 4.69) is 45.1 Å². The molecule has 1 aromatic rings. The molecule has 0 radical (unpaired) electrons. The molecule has 0 aliphatic carbocycles. The number of aliphatic hydroxyl groups excluding tert-OH is 1. The van der Waals surface area contributed by atoms with E-state index in [-0.39, 0.29) is 12.1 Å². The topological polar surface area (TPSA) is 41.5 Å². The first-order valence-corrected chi connectivity index (χ1v) is 7.53. The summed E-state index contributed by atoms with van der Waals surface area (Å²) in [6.07, 6.45) is 3.00. The third kappa shape index (κ3) is 6.40. The van der Waals surface area contributed by atoms with E-state index in [0.717, 1.165) is 31.6 Å². The van der Waals surface area contributed by atoms with Gasteiger partial charge in [-0.2, -0.15) is 0 Å². The first-order chi connectivity index (χ1) is 9.45. The Morgan fingerprint density at radius 2 is 2.05 bits per heavy atom. The van der Waals surface area contributed by atoms with Crippen molar-refractivity contribution in [3.05, 3.63) is 29.8 Å². The smallest absolute Gasteiger partial charge is 0.119 e. The number of unbranched alkanes of at least 4 members (excludes halogenated alkanes) is 1. The Bertz CT molecular complexity index is 392. The van der Waals surface area contributed by atoms with Crippen LogP contribution in [-0.2, 0) is 0 Å². The fourth-order valence-electron chi connectivity index (χ4n) is 2.41. The second-order valence-electron chi connectivity index (χ2n) is 6.14. The van der Waals surface area contributed by atoms with Gasteiger partial charge in [-0.1, -0.05) is 26.0 Å². The van der Waals surface area contributed by atoms with Crippen molar-refractivity contribution >= 4 is 0 Å². The van der Waals surface area contributed by atoms with Gasteiger partial charge in [0.15, 0.2) is 0 Å². The Kier molecular flexibility index (Phi) is 7.03. The number of hydrogen-bond donors (Lipinski definition) is 2. The minimum atomic E-state index is -0.183. The maximum Gasteiger partial charge on any atom is 0.119 e. The van der Waals surface area contributed by atoms with E-state index in [1.807, 2.05) is 12.1 Å². The minimum Gasteiger partial charge on any atom is -0.494 e. The summed E-state index contributed by atoms with van der Waals surface area (Å²) in [6.45, 7) is 9.26. The molecule has 20 heavy (non-hydrogen) atoms. The molecule has 0 fully saturated rings. The van der Waals surface area contributed by atoms with Crippen LogP contribution in [0.4, 0.5) is 0 Å². The van der Waals surface area contributed by atoms with Crippen molar-refractivity contribution in [3.8, 4) is 5.75 Å². The van der Waals surface area contributed by atoms with Crippen molar-refractivity contribution in [1.82, 2.24) is 5.32 Å². The molecule has 3 nitrogen and oxygen atoms in total. The Morgan fingerprint density at radius 3 is 2.65 bits per heavy atom. The van der Waals surface area contributed by atoms with Gasteiger partial charge in [0.1, 0.15) is 5.75 Å². The molecule has 0 bridgehead atoms. The highest BCUT2D eigenvalue weighted by Crippen LogP contribution is 2.16. The van der Waals surface area contributed by atoms with Gasteiger partial charge >= 0.3 is 0 Å². The lowest BCUT2D eigenvalue weighted by Crippen LogP contribution is -2.49. The molecule has 1 rings (SSSR count). The van der Waals surface area contributed by atoms with Crippen LogP contribution < -0.4 is 10.1 Å². The monoisotopic (exact) mass is 279 g/mol. The van der Waals surface area contributed by atoms with Crippen LogP contribution in [0.25, 0.3) is 0 Å². The third-order valence-corrected chi connectivity index (χ3v) is 3.37. The molecule has 3 heteroatoms. The lowest BCUT2D eigenvalue weighted by molar-refractivity contribution is 0.152. The summed E-state index contributed by atoms with van der Waals surface area (Å²) in [5.74, 6) is 0.940. The van der Waals surface area contributed by atoms with Crippen LogP contribution in [0.3, 0.4) is 0 Å².